The molecule has 0 saturated carbocycles. The van der Waals surface area contributed by atoms with E-state index in [0.29, 0.717) is 23.8 Å². The molecular weight excluding hydrogens is 282 g/mol. The van der Waals surface area contributed by atoms with E-state index in [1.54, 1.807) is 0 Å². The predicted molar refractivity (Wildman–Crippen MR) is 86.5 cm³/mol. The molecule has 6 unspecified atom stereocenters. The summed E-state index contributed by atoms with van der Waals surface area (Å²) in [4.78, 5) is 0. The Labute approximate surface area is 97.1 Å². The maximum atomic E-state index is 3.15. The first kappa shape index (κ1) is 14.3. The molecule has 0 aromatic carbocycles. The molecule has 0 saturated heterocycles. The van der Waals surface area contributed by atoms with Gasteiger partial charge in [0.05, 0.1) is 0 Å². The van der Waals surface area contributed by atoms with E-state index in [1.807, 2.05) is 0 Å². The van der Waals surface area contributed by atoms with Crippen molar-refractivity contribution in [2.75, 3.05) is 0 Å². The standard InChI is InChI=1S/C8H22P6/c1-7(2,3)12(9)10-14-11-13(14)8(4,5)6/h10-11H,9H2,1-6H3. The first-order chi connectivity index (χ1) is 6.12. The van der Waals surface area contributed by atoms with Crippen LogP contribution >= 0.6 is 45.2 Å². The van der Waals surface area contributed by atoms with Crippen molar-refractivity contribution in [2.24, 2.45) is 0 Å². The molecule has 84 valence electrons. The third-order valence-corrected chi connectivity index (χ3v) is 40.8. The molecule has 0 spiro atoms. The summed E-state index contributed by atoms with van der Waals surface area (Å²) in [7, 11) is 6.07. The molecule has 1 rings (SSSR count). The van der Waals surface area contributed by atoms with Crippen LogP contribution in [0.15, 0.2) is 0 Å². The molecule has 0 N–H and O–H groups in total. The van der Waals surface area contributed by atoms with E-state index in [4.69, 9.17) is 0 Å². The van der Waals surface area contributed by atoms with Crippen molar-refractivity contribution in [1.82, 2.24) is 0 Å². The molecule has 0 amide bonds. The van der Waals surface area contributed by atoms with Crippen LogP contribution in [0.5, 0.6) is 0 Å². The molecule has 0 aliphatic carbocycles. The van der Waals surface area contributed by atoms with Gasteiger partial charge in [0.15, 0.2) is 0 Å². The van der Waals surface area contributed by atoms with Crippen LogP contribution in [-0.4, -0.2) is 5.16 Å². The summed E-state index contributed by atoms with van der Waals surface area (Å²) < 4.78 is 0. The van der Waals surface area contributed by atoms with Crippen LogP contribution in [-0.2, 0) is 5.16 Å². The van der Waals surface area contributed by atoms with Gasteiger partial charge in [0.2, 0.25) is 0 Å². The molecule has 1 heterocycles. The fourth-order valence-corrected chi connectivity index (χ4v) is 55.3. The molecule has 1 aromatic heterocycles. The predicted octanol–water partition coefficient (Wildman–Crippen LogP) is 6.87. The van der Waals surface area contributed by atoms with E-state index in [2.05, 4.69) is 50.5 Å². The van der Waals surface area contributed by atoms with Crippen molar-refractivity contribution in [3.05, 3.63) is 0 Å². The fraction of sp³-hybridized carbons (Fsp3) is 1.00. The highest BCUT2D eigenvalue weighted by molar-refractivity contribution is 8.93. The van der Waals surface area contributed by atoms with Crippen molar-refractivity contribution < 1.29 is 0 Å². The molecular formula is C8H22P6. The molecule has 14 heavy (non-hydrogen) atoms. The molecule has 0 radical (unpaired) electrons. The van der Waals surface area contributed by atoms with Crippen LogP contribution in [0.25, 0.3) is 0 Å². The Morgan fingerprint density at radius 1 is 1.14 bits per heavy atom. The van der Waals surface area contributed by atoms with Gasteiger partial charge in [0, 0.05) is 5.16 Å². The molecule has 0 nitrogen and oxygen atoms in total. The third kappa shape index (κ3) is 4.22. The van der Waals surface area contributed by atoms with Crippen molar-refractivity contribution in [3.8, 4) is 0 Å². The summed E-state index contributed by atoms with van der Waals surface area (Å²) in [6.45, 7) is 15.5. The number of rotatable bonds is 2. The van der Waals surface area contributed by atoms with Gasteiger partial charge in [-0.05, 0) is 13.1 Å². The first-order valence-corrected chi connectivity index (χ1v) is 16.5. The topological polar surface area (TPSA) is 0 Å². The van der Waals surface area contributed by atoms with Gasteiger partial charge < -0.3 is 0 Å². The van der Waals surface area contributed by atoms with Crippen LogP contribution in [0.1, 0.15) is 41.5 Å². The molecule has 0 bridgehead atoms. The summed E-state index contributed by atoms with van der Waals surface area (Å²) in [5, 5.41) is 1.22. The van der Waals surface area contributed by atoms with Gasteiger partial charge in [-0.1, -0.05) is 69.9 Å². The highest BCUT2D eigenvalue weighted by Crippen LogP contribution is 2.98. The van der Waals surface area contributed by atoms with E-state index in [9.17, 15) is 0 Å². The maximum Gasteiger partial charge on any atom is 0.00780 e. The van der Waals surface area contributed by atoms with Crippen LogP contribution in [0.2, 0.25) is 0 Å². The lowest BCUT2D eigenvalue weighted by Gasteiger charge is -2.26. The fourth-order valence-electron chi connectivity index (χ4n) is 0.839. The van der Waals surface area contributed by atoms with Gasteiger partial charge in [-0.25, -0.2) is 0 Å². The molecule has 6 heteroatoms. The summed E-state index contributed by atoms with van der Waals surface area (Å²) in [6.07, 6.45) is 0. The lowest BCUT2D eigenvalue weighted by molar-refractivity contribution is 0.725. The Balaban J connectivity index is 2.52. The summed E-state index contributed by atoms with van der Waals surface area (Å²) in [6, 6.07) is 0. The van der Waals surface area contributed by atoms with Crippen molar-refractivity contribution in [3.63, 3.8) is 0 Å². The molecule has 1 aromatic rings. The van der Waals surface area contributed by atoms with Crippen LogP contribution < -0.4 is 0 Å². The van der Waals surface area contributed by atoms with Gasteiger partial charge >= 0.3 is 0 Å². The highest BCUT2D eigenvalue weighted by Gasteiger charge is 2.28. The smallest absolute Gasteiger partial charge is 0.00780 e. The monoisotopic (exact) mass is 304 g/mol. The number of hydrogen-bond donors (Lipinski definition) is 0. The van der Waals surface area contributed by atoms with Crippen molar-refractivity contribution in [1.29, 1.82) is 0 Å². The van der Waals surface area contributed by atoms with Crippen LogP contribution in [0, 0.1) is 0 Å². The summed E-state index contributed by atoms with van der Waals surface area (Å²) in [5.74, 6) is 0. The lowest BCUT2D eigenvalue weighted by Crippen LogP contribution is -2.04. The minimum absolute atomic E-state index is 0.224. The zero-order valence-electron chi connectivity index (χ0n) is 9.92. The van der Waals surface area contributed by atoms with Crippen molar-refractivity contribution in [2.45, 2.75) is 51.9 Å². The van der Waals surface area contributed by atoms with Gasteiger partial charge in [-0.3, -0.25) is 0 Å². The van der Waals surface area contributed by atoms with Crippen molar-refractivity contribution >= 4 is 45.2 Å². The minimum atomic E-state index is 0.224. The third-order valence-electron chi connectivity index (χ3n) is 1.91. The van der Waals surface area contributed by atoms with E-state index in [-0.39, 0.29) is 7.30 Å². The Bertz CT molecular complexity index is 278. The second-order valence-corrected chi connectivity index (χ2v) is 31.1. The maximum absolute atomic E-state index is 3.15. The van der Waals surface area contributed by atoms with E-state index >= 15 is 0 Å². The summed E-state index contributed by atoms with van der Waals surface area (Å²) in [5.41, 5.74) is 0. The minimum Gasteiger partial charge on any atom is -0.106 e. The van der Waals surface area contributed by atoms with E-state index in [0.717, 1.165) is 0 Å². The molecule has 0 fully saturated rings. The second kappa shape index (κ2) is 4.82. The Morgan fingerprint density at radius 3 is 1.93 bits per heavy atom. The number of hydrogen-bond acceptors (Lipinski definition) is 0. The normalized spacial score (nSPS) is 20.2. The lowest BCUT2D eigenvalue weighted by atomic mass is 10.3. The summed E-state index contributed by atoms with van der Waals surface area (Å²) >= 11 is 0. The van der Waals surface area contributed by atoms with Gasteiger partial charge in [-0.2, -0.15) is 0 Å². The average Bonchev–Trinajstić information content (AvgIpc) is 2.63. The zero-order chi connectivity index (χ0) is 11.1. The molecule has 6 atom stereocenters. The zero-order valence-corrected chi connectivity index (χ0v) is 15.8. The van der Waals surface area contributed by atoms with Gasteiger partial charge in [0.1, 0.15) is 0 Å². The Morgan fingerprint density at radius 2 is 1.64 bits per heavy atom. The quantitative estimate of drug-likeness (QED) is 0.523. The van der Waals surface area contributed by atoms with Crippen LogP contribution in [0.3, 0.4) is 0 Å². The van der Waals surface area contributed by atoms with E-state index < -0.39 is 0 Å². The second-order valence-electron chi connectivity index (χ2n) is 5.54. The van der Waals surface area contributed by atoms with Crippen LogP contribution in [0.4, 0.5) is 0 Å². The first-order valence-electron chi connectivity index (χ1n) is 4.80. The average molecular weight is 304 g/mol. The Kier molecular flexibility index (Phi) is 4.91. The van der Waals surface area contributed by atoms with Gasteiger partial charge in [0.25, 0.3) is 0 Å². The Hall–Kier alpha value is 2.19. The molecule has 0 aliphatic rings. The molecule has 0 aliphatic heterocycles. The largest absolute Gasteiger partial charge is 0.106 e. The van der Waals surface area contributed by atoms with Gasteiger partial charge in [-0.15, -0.1) is 8.93 Å². The SMILES string of the molecule is CC(C)(C)P(P)Pp1[pH]p1C(C)(C)C. The highest BCUT2D eigenvalue weighted by atomic mass is 32.9. The van der Waals surface area contributed by atoms with E-state index in [1.165, 1.54) is 15.5 Å².